The highest BCUT2D eigenvalue weighted by Crippen LogP contribution is 1.96. The highest BCUT2D eigenvalue weighted by Gasteiger charge is 1.81. The largest absolute Gasteiger partial charge is 0.723 e. The Morgan fingerprint density at radius 3 is 2.50 bits per heavy atom. The van der Waals surface area contributed by atoms with Crippen molar-refractivity contribution in [3.63, 3.8) is 0 Å². The first-order valence-electron chi connectivity index (χ1n) is 3.16. The van der Waals surface area contributed by atoms with Crippen LogP contribution in [0.15, 0.2) is 0 Å². The maximum Gasteiger partial charge on any atom is 0.0341 e. The summed E-state index contributed by atoms with van der Waals surface area (Å²) in [6, 6.07) is 0. The third-order valence-corrected chi connectivity index (χ3v) is 1.08. The maximum atomic E-state index is 9.39. The molecule has 8 heavy (non-hydrogen) atoms. The van der Waals surface area contributed by atoms with Crippen LogP contribution in [0.3, 0.4) is 0 Å². The van der Waals surface area contributed by atoms with Gasteiger partial charge in [0.2, 0.25) is 0 Å². The molecule has 50 valence electrons. The van der Waals surface area contributed by atoms with Crippen molar-refractivity contribution in [1.29, 1.82) is 0 Å². The molecule has 0 radical (unpaired) electrons. The Kier molecular flexibility index (Phi) is 6.85. The van der Waals surface area contributed by atoms with E-state index < -0.39 is 0 Å². The molecule has 0 saturated heterocycles. The molecule has 0 N–H and O–H groups in total. The Morgan fingerprint density at radius 1 is 1.25 bits per heavy atom. The van der Waals surface area contributed by atoms with E-state index in [4.69, 9.17) is 0 Å². The normalized spacial score (nSPS) is 9.75. The summed E-state index contributed by atoms with van der Waals surface area (Å²) in [4.78, 5) is 3.64. The second-order valence-corrected chi connectivity index (χ2v) is 1.88. The fourth-order valence-corrected chi connectivity index (χ4v) is 0.588. The van der Waals surface area contributed by atoms with Gasteiger partial charge in [-0.15, -0.1) is 0 Å². The lowest BCUT2D eigenvalue weighted by Crippen LogP contribution is -2.05. The van der Waals surface area contributed by atoms with Crippen molar-refractivity contribution in [3.8, 4) is 0 Å². The highest BCUT2D eigenvalue weighted by molar-refractivity contribution is 4.36. The summed E-state index contributed by atoms with van der Waals surface area (Å²) in [5, 5.41) is 9.39. The summed E-state index contributed by atoms with van der Waals surface area (Å²) in [6.07, 6.45) is 4.46. The summed E-state index contributed by atoms with van der Waals surface area (Å²) in [5.41, 5.74) is 0. The monoisotopic (exact) mass is 117 g/mol. The molecule has 0 spiro atoms. The zero-order chi connectivity index (χ0) is 6.24. The lowest BCUT2D eigenvalue weighted by Gasteiger charge is -2.03. The molecule has 0 bridgehead atoms. The number of hydrogen-bond donors (Lipinski definition) is 0. The van der Waals surface area contributed by atoms with Crippen molar-refractivity contribution in [2.24, 2.45) is 0 Å². The average molecular weight is 117 g/mol. The Hall–Kier alpha value is -0.0800. The van der Waals surface area contributed by atoms with Crippen molar-refractivity contribution in [3.05, 3.63) is 0 Å². The van der Waals surface area contributed by atoms with Gasteiger partial charge in [-0.05, 0) is 6.42 Å². The molecule has 0 atom stereocenters. The van der Waals surface area contributed by atoms with E-state index in [0.29, 0.717) is 6.61 Å². The van der Waals surface area contributed by atoms with Crippen molar-refractivity contribution < 1.29 is 10.1 Å². The van der Waals surface area contributed by atoms with Gasteiger partial charge in [-0.1, -0.05) is 26.2 Å². The van der Waals surface area contributed by atoms with Crippen LogP contribution >= 0.6 is 0 Å². The summed E-state index contributed by atoms with van der Waals surface area (Å²) in [5.74, 6) is 0. The molecular weight excluding hydrogens is 104 g/mol. The summed E-state index contributed by atoms with van der Waals surface area (Å²) in [7, 11) is 0. The number of unbranched alkanes of at least 4 members (excludes halogenated alkanes) is 3. The van der Waals surface area contributed by atoms with E-state index in [-0.39, 0.29) is 0 Å². The first-order valence-corrected chi connectivity index (χ1v) is 3.16. The molecule has 0 aliphatic carbocycles. The Labute approximate surface area is 50.4 Å². The van der Waals surface area contributed by atoms with Crippen LogP contribution in [0.1, 0.15) is 32.6 Å². The maximum absolute atomic E-state index is 9.39. The van der Waals surface area contributed by atoms with E-state index in [1.165, 1.54) is 12.8 Å². The minimum absolute atomic E-state index is 0.375. The van der Waals surface area contributed by atoms with Crippen LogP contribution in [0.25, 0.3) is 0 Å². The fraction of sp³-hybridized carbons (Fsp3) is 1.00. The van der Waals surface area contributed by atoms with Crippen LogP contribution in [-0.2, 0) is 4.89 Å². The molecule has 0 heterocycles. The van der Waals surface area contributed by atoms with Crippen molar-refractivity contribution >= 4 is 0 Å². The van der Waals surface area contributed by atoms with Gasteiger partial charge in [-0.25, -0.2) is 0 Å². The average Bonchev–Trinajstić information content (AvgIpc) is 1.81. The minimum Gasteiger partial charge on any atom is -0.723 e. The molecule has 0 aromatic carbocycles. The van der Waals surface area contributed by atoms with Gasteiger partial charge in [-0.2, -0.15) is 0 Å². The standard InChI is InChI=1S/C6H14O2/c1-2-3-4-5-6-8-7/h7H,2-6H2,1H3/p-1. The lowest BCUT2D eigenvalue weighted by molar-refractivity contribution is -0.689. The second kappa shape index (κ2) is 6.92. The van der Waals surface area contributed by atoms with Gasteiger partial charge in [0.1, 0.15) is 0 Å². The Balaban J connectivity index is 2.53. The van der Waals surface area contributed by atoms with Gasteiger partial charge < -0.3 is 10.1 Å². The zero-order valence-electron chi connectivity index (χ0n) is 5.35. The molecule has 0 saturated carbocycles. The van der Waals surface area contributed by atoms with Gasteiger partial charge in [0.25, 0.3) is 0 Å². The Morgan fingerprint density at radius 2 is 2.00 bits per heavy atom. The van der Waals surface area contributed by atoms with Crippen molar-refractivity contribution in [2.75, 3.05) is 6.61 Å². The van der Waals surface area contributed by atoms with Gasteiger partial charge in [0.05, 0.1) is 0 Å². The van der Waals surface area contributed by atoms with Gasteiger partial charge in [0.15, 0.2) is 0 Å². The SMILES string of the molecule is CCCCCCO[O-]. The molecule has 0 aromatic rings. The third kappa shape index (κ3) is 5.92. The topological polar surface area (TPSA) is 32.3 Å². The van der Waals surface area contributed by atoms with Gasteiger partial charge >= 0.3 is 0 Å². The molecule has 2 nitrogen and oxygen atoms in total. The second-order valence-electron chi connectivity index (χ2n) is 1.88. The highest BCUT2D eigenvalue weighted by atomic mass is 17.1. The van der Waals surface area contributed by atoms with Crippen LogP contribution in [0.2, 0.25) is 0 Å². The van der Waals surface area contributed by atoms with Crippen molar-refractivity contribution in [1.82, 2.24) is 0 Å². The first-order chi connectivity index (χ1) is 3.91. The molecule has 0 fully saturated rings. The smallest absolute Gasteiger partial charge is 0.0341 e. The van der Waals surface area contributed by atoms with Crippen LogP contribution in [0.5, 0.6) is 0 Å². The molecular formula is C6H13O2-. The summed E-state index contributed by atoms with van der Waals surface area (Å²) < 4.78 is 0. The fourth-order valence-electron chi connectivity index (χ4n) is 0.588. The van der Waals surface area contributed by atoms with E-state index in [9.17, 15) is 5.26 Å². The van der Waals surface area contributed by atoms with Gasteiger partial charge in [-0.3, -0.25) is 0 Å². The summed E-state index contributed by atoms with van der Waals surface area (Å²) >= 11 is 0. The molecule has 0 aliphatic heterocycles. The van der Waals surface area contributed by atoms with E-state index in [0.717, 1.165) is 12.8 Å². The van der Waals surface area contributed by atoms with E-state index >= 15 is 0 Å². The first kappa shape index (κ1) is 7.92. The molecule has 0 unspecified atom stereocenters. The molecule has 0 amide bonds. The van der Waals surface area contributed by atoms with Crippen LogP contribution in [0, 0.1) is 0 Å². The van der Waals surface area contributed by atoms with Gasteiger partial charge in [0, 0.05) is 6.61 Å². The summed E-state index contributed by atoms with van der Waals surface area (Å²) in [6.45, 7) is 2.51. The van der Waals surface area contributed by atoms with Crippen LogP contribution in [-0.4, -0.2) is 6.61 Å². The number of rotatable bonds is 5. The lowest BCUT2D eigenvalue weighted by atomic mass is 10.2. The molecule has 0 aliphatic rings. The number of hydrogen-bond acceptors (Lipinski definition) is 2. The molecule has 2 heteroatoms. The van der Waals surface area contributed by atoms with Crippen LogP contribution < -0.4 is 5.26 Å². The molecule has 0 aromatic heterocycles. The zero-order valence-corrected chi connectivity index (χ0v) is 5.35. The molecule has 0 rings (SSSR count). The van der Waals surface area contributed by atoms with E-state index in [1.54, 1.807) is 0 Å². The predicted molar refractivity (Wildman–Crippen MR) is 30.1 cm³/mol. The minimum atomic E-state index is 0.375. The quantitative estimate of drug-likeness (QED) is 0.304. The van der Waals surface area contributed by atoms with Crippen LogP contribution in [0.4, 0.5) is 0 Å². The predicted octanol–water partition coefficient (Wildman–Crippen LogP) is 0.859. The van der Waals surface area contributed by atoms with E-state index in [2.05, 4.69) is 11.8 Å². The van der Waals surface area contributed by atoms with Crippen molar-refractivity contribution in [2.45, 2.75) is 32.6 Å². The van der Waals surface area contributed by atoms with E-state index in [1.807, 2.05) is 0 Å². The third-order valence-electron chi connectivity index (χ3n) is 1.08. The Bertz CT molecular complexity index is 31.5.